The van der Waals surface area contributed by atoms with Gasteiger partial charge in [0.2, 0.25) is 5.91 Å². The van der Waals surface area contributed by atoms with E-state index in [-0.39, 0.29) is 71.8 Å². The van der Waals surface area contributed by atoms with Crippen molar-refractivity contribution in [1.29, 1.82) is 0 Å². The molecule has 2 aliphatic heterocycles. The van der Waals surface area contributed by atoms with Crippen LogP contribution in [-0.2, 0) is 23.9 Å². The summed E-state index contributed by atoms with van der Waals surface area (Å²) >= 11 is 1.87. The molecule has 2 aromatic rings. The summed E-state index contributed by atoms with van der Waals surface area (Å²) in [7, 11) is 0. The van der Waals surface area contributed by atoms with E-state index in [2.05, 4.69) is 57.5 Å². The van der Waals surface area contributed by atoms with Gasteiger partial charge >= 0.3 is 6.03 Å². The highest BCUT2D eigenvalue weighted by molar-refractivity contribution is 8.00. The van der Waals surface area contributed by atoms with Crippen LogP contribution >= 0.6 is 11.8 Å². The number of rotatable bonds is 29. The van der Waals surface area contributed by atoms with Crippen LogP contribution in [-0.4, -0.2) is 98.6 Å². The molecule has 13 heteroatoms. The van der Waals surface area contributed by atoms with Crippen LogP contribution in [0.2, 0.25) is 0 Å². The first-order valence-electron chi connectivity index (χ1n) is 22.2. The Hall–Kier alpha value is -3.94. The molecule has 0 spiro atoms. The first-order chi connectivity index (χ1) is 29.0. The van der Waals surface area contributed by atoms with Crippen LogP contribution in [0.1, 0.15) is 129 Å². The van der Waals surface area contributed by atoms with E-state index in [1.165, 1.54) is 0 Å². The second-order valence-corrected chi connectivity index (χ2v) is 20.0. The summed E-state index contributed by atoms with van der Waals surface area (Å²) in [6.07, 6.45) is 7.65. The van der Waals surface area contributed by atoms with Gasteiger partial charge in [-0.25, -0.2) is 4.79 Å². The Morgan fingerprint density at radius 2 is 1.31 bits per heavy atom. The Balaban J connectivity index is 1.25. The Bertz CT molecular complexity index is 1720. The van der Waals surface area contributed by atoms with E-state index in [0.29, 0.717) is 93.8 Å². The number of thioether (sulfide) groups is 1. The first kappa shape index (κ1) is 49.7. The fourth-order valence-corrected chi connectivity index (χ4v) is 8.46. The van der Waals surface area contributed by atoms with Gasteiger partial charge in [-0.3, -0.25) is 19.2 Å². The number of hydrogen-bond acceptors (Lipinski definition) is 10. The van der Waals surface area contributed by atoms with Crippen molar-refractivity contribution < 1.29 is 42.9 Å². The Kier molecular flexibility index (Phi) is 20.6. The number of carbonyl (C=O) groups excluding carboxylic acids is 5. The van der Waals surface area contributed by atoms with Crippen molar-refractivity contribution in [2.24, 2.45) is 10.8 Å². The number of amides is 3. The smallest absolute Gasteiger partial charge is 0.315 e. The zero-order valence-electron chi connectivity index (χ0n) is 37.5. The molecule has 338 valence electrons. The molecule has 12 nitrogen and oxygen atoms in total. The van der Waals surface area contributed by atoms with Crippen LogP contribution in [0.5, 0.6) is 11.5 Å². The summed E-state index contributed by atoms with van der Waals surface area (Å²) in [6, 6.07) is 12.9. The molecule has 2 aromatic carbocycles. The fraction of sp³-hybridized carbons (Fsp3) is 0.646. The molecule has 2 heterocycles. The van der Waals surface area contributed by atoms with Crippen LogP contribution in [0.3, 0.4) is 0 Å². The van der Waals surface area contributed by atoms with Crippen molar-refractivity contribution >= 4 is 41.0 Å². The summed E-state index contributed by atoms with van der Waals surface area (Å²) in [5.41, 5.74) is 2.42. The Labute approximate surface area is 368 Å². The molecule has 0 radical (unpaired) electrons. The summed E-state index contributed by atoms with van der Waals surface area (Å²) in [5, 5.41) is 9.29. The number of nitrogens with one attached hydrogen (secondary N) is 3. The normalized spacial score (nSPS) is 17.3. The lowest BCUT2D eigenvalue weighted by Gasteiger charge is -2.17. The van der Waals surface area contributed by atoms with Gasteiger partial charge in [-0.1, -0.05) is 60.1 Å². The Morgan fingerprint density at radius 3 is 1.93 bits per heavy atom. The number of hydrogen-bond donors (Lipinski definition) is 3. The molecule has 3 atom stereocenters. The number of fused-ring (bicyclic) bond motifs is 1. The molecule has 3 amide bonds. The quantitative estimate of drug-likeness (QED) is 0.0411. The number of ketones is 3. The minimum atomic E-state index is -0.122. The molecule has 3 N–H and O–H groups in total. The highest BCUT2D eigenvalue weighted by Crippen LogP contribution is 2.33. The van der Waals surface area contributed by atoms with Gasteiger partial charge in [0, 0.05) is 75.2 Å². The molecule has 4 rings (SSSR count). The predicted molar refractivity (Wildman–Crippen MR) is 242 cm³/mol. The summed E-state index contributed by atoms with van der Waals surface area (Å²) in [4.78, 5) is 62.9. The molecule has 0 aliphatic carbocycles. The summed E-state index contributed by atoms with van der Waals surface area (Å²) in [5.74, 6) is 1.71. The van der Waals surface area contributed by atoms with Crippen molar-refractivity contribution in [3.05, 3.63) is 48.0 Å². The van der Waals surface area contributed by atoms with Crippen LogP contribution in [0, 0.1) is 10.8 Å². The standard InChI is InChI=1S/C48H71N3O9S/c1-47(2,3)21-26-57-24-10-12-37(52)31-59-39-19-17-34(18-20-39)35-28-36(30-40(29-35)60-32-38(53)13-11-25-58-27-22-48(4,5)6)42(54)14-9-23-49-44(55)16-8-7-15-43-45-41(33-61-43)50-46(56)51-45/h17-20,28-30,41,43,45H,7-16,21-27,31-33H2,1-6H3,(H,49,55)(H2,50,51,56)/t41-,43-,45-/m0/s1. The van der Waals surface area contributed by atoms with Gasteiger partial charge in [-0.05, 0) is 97.2 Å². The summed E-state index contributed by atoms with van der Waals surface area (Å²) in [6.45, 7) is 15.7. The third-order valence-corrected chi connectivity index (χ3v) is 12.2. The lowest BCUT2D eigenvalue weighted by Crippen LogP contribution is -2.36. The van der Waals surface area contributed by atoms with Gasteiger partial charge in [-0.2, -0.15) is 11.8 Å². The number of carbonyl (C=O) groups is 5. The number of unbranched alkanes of at least 4 members (excludes halogenated alkanes) is 1. The van der Waals surface area contributed by atoms with Crippen molar-refractivity contribution in [1.82, 2.24) is 16.0 Å². The zero-order valence-corrected chi connectivity index (χ0v) is 38.3. The van der Waals surface area contributed by atoms with E-state index in [1.54, 1.807) is 18.2 Å². The maximum Gasteiger partial charge on any atom is 0.315 e. The molecule has 2 aliphatic rings. The number of benzene rings is 2. The molecule has 2 saturated heterocycles. The van der Waals surface area contributed by atoms with Crippen LogP contribution < -0.4 is 25.4 Å². The second kappa shape index (κ2) is 25.2. The lowest BCUT2D eigenvalue weighted by molar-refractivity contribution is -0.122. The van der Waals surface area contributed by atoms with E-state index in [9.17, 15) is 24.0 Å². The SMILES string of the molecule is CC(C)(C)CCOCCCC(=O)COc1ccc(-c2cc(OCC(=O)CCCOCCC(C)(C)C)cc(C(=O)CCCNC(=O)CCCC[C@@H]3SC[C@@H]4NC(=O)N[C@@H]43)c2)cc1. The monoisotopic (exact) mass is 865 g/mol. The van der Waals surface area contributed by atoms with Crippen molar-refractivity contribution in [3.8, 4) is 22.6 Å². The van der Waals surface area contributed by atoms with Gasteiger partial charge in [0.1, 0.15) is 24.7 Å². The van der Waals surface area contributed by atoms with E-state index in [4.69, 9.17) is 18.9 Å². The third kappa shape index (κ3) is 19.8. The highest BCUT2D eigenvalue weighted by atomic mass is 32.2. The van der Waals surface area contributed by atoms with Crippen molar-refractivity contribution in [3.63, 3.8) is 0 Å². The number of ether oxygens (including phenoxy) is 4. The summed E-state index contributed by atoms with van der Waals surface area (Å²) < 4.78 is 23.1. The average Bonchev–Trinajstić information content (AvgIpc) is 3.77. The van der Waals surface area contributed by atoms with Crippen molar-refractivity contribution in [2.45, 2.75) is 136 Å². The molecular formula is C48H71N3O9S. The Morgan fingerprint density at radius 1 is 0.689 bits per heavy atom. The minimum Gasteiger partial charge on any atom is -0.486 e. The molecule has 0 unspecified atom stereocenters. The zero-order chi connectivity index (χ0) is 44.3. The number of Topliss-reactive ketones (excluding diaryl/α,β-unsaturated/α-hetero) is 3. The molecule has 2 fully saturated rings. The maximum atomic E-state index is 13.5. The van der Waals surface area contributed by atoms with Crippen LogP contribution in [0.15, 0.2) is 42.5 Å². The third-order valence-electron chi connectivity index (χ3n) is 10.7. The minimum absolute atomic E-state index is 0.00529. The first-order valence-corrected chi connectivity index (χ1v) is 23.3. The molecule has 0 saturated carbocycles. The van der Waals surface area contributed by atoms with Gasteiger partial charge in [0.25, 0.3) is 0 Å². The number of urea groups is 1. The van der Waals surface area contributed by atoms with E-state index >= 15 is 0 Å². The van der Waals surface area contributed by atoms with E-state index in [0.717, 1.165) is 49.0 Å². The molecular weight excluding hydrogens is 795 g/mol. The molecule has 0 bridgehead atoms. The maximum absolute atomic E-state index is 13.5. The van der Waals surface area contributed by atoms with Crippen LogP contribution in [0.4, 0.5) is 4.79 Å². The van der Waals surface area contributed by atoms with Gasteiger partial charge in [0.15, 0.2) is 17.3 Å². The fourth-order valence-electron chi connectivity index (χ4n) is 6.91. The topological polar surface area (TPSA) is 158 Å². The van der Waals surface area contributed by atoms with Gasteiger partial charge in [0.05, 0.1) is 12.1 Å². The van der Waals surface area contributed by atoms with Gasteiger partial charge in [-0.15, -0.1) is 0 Å². The van der Waals surface area contributed by atoms with Gasteiger partial charge < -0.3 is 34.9 Å². The predicted octanol–water partition coefficient (Wildman–Crippen LogP) is 8.52. The largest absolute Gasteiger partial charge is 0.486 e. The van der Waals surface area contributed by atoms with Crippen molar-refractivity contribution in [2.75, 3.05) is 51.9 Å². The highest BCUT2D eigenvalue weighted by Gasteiger charge is 2.42. The van der Waals surface area contributed by atoms with E-state index in [1.807, 2.05) is 36.0 Å². The lowest BCUT2D eigenvalue weighted by atomic mass is 9.93. The van der Waals surface area contributed by atoms with Crippen LogP contribution in [0.25, 0.3) is 11.1 Å². The second-order valence-electron chi connectivity index (χ2n) is 18.7. The van der Waals surface area contributed by atoms with E-state index < -0.39 is 0 Å². The molecule has 61 heavy (non-hydrogen) atoms. The molecule has 0 aromatic heterocycles. The average molecular weight is 866 g/mol.